The Morgan fingerprint density at radius 1 is 1.24 bits per heavy atom. The summed E-state index contributed by atoms with van der Waals surface area (Å²) in [6, 6.07) is 5.44. The zero-order valence-corrected chi connectivity index (χ0v) is 11.8. The summed E-state index contributed by atoms with van der Waals surface area (Å²) in [4.78, 5) is 0.418. The Balaban J connectivity index is 3.04. The zero-order valence-electron chi connectivity index (χ0n) is 11.0. The molecule has 1 aromatic carbocycles. The van der Waals surface area contributed by atoms with Gasteiger partial charge >= 0.3 is 0 Å². The molecule has 96 valence electrons. The van der Waals surface area contributed by atoms with Crippen LogP contribution < -0.4 is 0 Å². The topological polar surface area (TPSA) is 37.4 Å². The van der Waals surface area contributed by atoms with E-state index in [2.05, 4.69) is 6.92 Å². The molecule has 0 aliphatic rings. The number of aryl methyl sites for hydroxylation is 2. The highest BCUT2D eigenvalue weighted by atomic mass is 32.2. The Bertz CT molecular complexity index is 480. The van der Waals surface area contributed by atoms with Gasteiger partial charge in [0.2, 0.25) is 10.0 Å². The summed E-state index contributed by atoms with van der Waals surface area (Å²) in [5.74, 6) is 0. The number of benzene rings is 1. The summed E-state index contributed by atoms with van der Waals surface area (Å²) >= 11 is 0. The Morgan fingerprint density at radius 3 is 2.41 bits per heavy atom. The molecule has 0 bridgehead atoms. The van der Waals surface area contributed by atoms with Crippen LogP contribution in [0.4, 0.5) is 0 Å². The van der Waals surface area contributed by atoms with Crippen molar-refractivity contribution in [1.29, 1.82) is 0 Å². The minimum absolute atomic E-state index is 0.418. The smallest absolute Gasteiger partial charge is 0.207 e. The van der Waals surface area contributed by atoms with Gasteiger partial charge in [-0.05, 0) is 31.9 Å². The molecule has 0 unspecified atom stereocenters. The summed E-state index contributed by atoms with van der Waals surface area (Å²) in [7, 11) is -1.68. The fourth-order valence-electron chi connectivity index (χ4n) is 1.76. The number of nitrogens with zero attached hydrogens (tertiary/aromatic N) is 1. The molecule has 0 atom stereocenters. The van der Waals surface area contributed by atoms with Gasteiger partial charge in [-0.15, -0.1) is 0 Å². The Hall–Kier alpha value is -0.870. The lowest BCUT2D eigenvalue weighted by atomic mass is 10.2. The first-order valence-corrected chi connectivity index (χ1v) is 7.37. The van der Waals surface area contributed by atoms with Gasteiger partial charge in [-0.2, -0.15) is 0 Å². The minimum Gasteiger partial charge on any atom is -0.207 e. The van der Waals surface area contributed by atoms with Crippen LogP contribution in [0.5, 0.6) is 0 Å². The van der Waals surface area contributed by atoms with Crippen LogP contribution in [0.1, 0.15) is 30.9 Å². The first kappa shape index (κ1) is 14.2. The van der Waals surface area contributed by atoms with E-state index in [1.54, 1.807) is 13.1 Å². The highest BCUT2D eigenvalue weighted by Crippen LogP contribution is 2.20. The molecule has 1 aromatic rings. The van der Waals surface area contributed by atoms with Crippen LogP contribution in [0.25, 0.3) is 0 Å². The van der Waals surface area contributed by atoms with Crippen LogP contribution in [-0.2, 0) is 10.0 Å². The molecule has 0 spiro atoms. The van der Waals surface area contributed by atoms with Crippen LogP contribution in [0.2, 0.25) is 0 Å². The summed E-state index contributed by atoms with van der Waals surface area (Å²) in [5, 5.41) is 0. The van der Waals surface area contributed by atoms with Crippen molar-refractivity contribution in [3.8, 4) is 0 Å². The number of hydrogen-bond acceptors (Lipinski definition) is 2. The van der Waals surface area contributed by atoms with Crippen molar-refractivity contribution in [2.75, 3.05) is 13.6 Å². The van der Waals surface area contributed by atoms with Crippen molar-refractivity contribution in [3.63, 3.8) is 0 Å². The quantitative estimate of drug-likeness (QED) is 0.811. The molecule has 17 heavy (non-hydrogen) atoms. The second-order valence-corrected chi connectivity index (χ2v) is 6.46. The van der Waals surface area contributed by atoms with E-state index in [0.717, 1.165) is 24.0 Å². The molecular weight excluding hydrogens is 234 g/mol. The van der Waals surface area contributed by atoms with Crippen LogP contribution in [0.3, 0.4) is 0 Å². The molecule has 4 heteroatoms. The lowest BCUT2D eigenvalue weighted by molar-refractivity contribution is 0.459. The monoisotopic (exact) mass is 255 g/mol. The van der Waals surface area contributed by atoms with Gasteiger partial charge < -0.3 is 0 Å². The maximum absolute atomic E-state index is 12.3. The molecule has 0 radical (unpaired) electrons. The molecule has 0 fully saturated rings. The third-order valence-corrected chi connectivity index (χ3v) is 4.86. The largest absolute Gasteiger partial charge is 0.243 e. The van der Waals surface area contributed by atoms with Crippen LogP contribution in [0, 0.1) is 13.8 Å². The van der Waals surface area contributed by atoms with Crippen molar-refractivity contribution >= 4 is 10.0 Å². The van der Waals surface area contributed by atoms with Crippen molar-refractivity contribution in [1.82, 2.24) is 4.31 Å². The van der Waals surface area contributed by atoms with Gasteiger partial charge in [0, 0.05) is 13.6 Å². The standard InChI is InChI=1S/C13H21NO2S/c1-5-6-9-14(4)17(15,16)13-8-7-11(2)10-12(13)3/h7-8,10H,5-6,9H2,1-4H3. The van der Waals surface area contributed by atoms with Crippen molar-refractivity contribution in [2.24, 2.45) is 0 Å². The van der Waals surface area contributed by atoms with E-state index < -0.39 is 10.0 Å². The average Bonchev–Trinajstić information content (AvgIpc) is 2.25. The van der Waals surface area contributed by atoms with Crippen LogP contribution >= 0.6 is 0 Å². The molecule has 3 nitrogen and oxygen atoms in total. The number of hydrogen-bond donors (Lipinski definition) is 0. The molecule has 0 saturated carbocycles. The lowest BCUT2D eigenvalue weighted by Gasteiger charge is -2.18. The number of sulfonamides is 1. The third-order valence-electron chi connectivity index (χ3n) is 2.85. The molecule has 0 aromatic heterocycles. The maximum Gasteiger partial charge on any atom is 0.243 e. The van der Waals surface area contributed by atoms with Gasteiger partial charge in [0.05, 0.1) is 4.90 Å². The van der Waals surface area contributed by atoms with Gasteiger partial charge in [0.15, 0.2) is 0 Å². The molecule has 1 rings (SSSR count). The van der Waals surface area contributed by atoms with E-state index in [-0.39, 0.29) is 0 Å². The molecule has 0 saturated heterocycles. The fraction of sp³-hybridized carbons (Fsp3) is 0.538. The maximum atomic E-state index is 12.3. The number of unbranched alkanes of at least 4 members (excludes halogenated alkanes) is 1. The Morgan fingerprint density at radius 2 is 1.88 bits per heavy atom. The molecular formula is C13H21NO2S. The normalized spacial score (nSPS) is 12.1. The summed E-state index contributed by atoms with van der Waals surface area (Å²) in [5.41, 5.74) is 1.89. The Kier molecular flexibility index (Phi) is 4.71. The van der Waals surface area contributed by atoms with Gasteiger partial charge in [-0.25, -0.2) is 12.7 Å². The van der Waals surface area contributed by atoms with E-state index in [0.29, 0.717) is 11.4 Å². The predicted octanol–water partition coefficient (Wildman–Crippen LogP) is 2.72. The van der Waals surface area contributed by atoms with Gasteiger partial charge in [0.1, 0.15) is 0 Å². The summed E-state index contributed by atoms with van der Waals surface area (Å²) < 4.78 is 26.0. The van der Waals surface area contributed by atoms with Crippen LogP contribution in [-0.4, -0.2) is 26.3 Å². The lowest BCUT2D eigenvalue weighted by Crippen LogP contribution is -2.28. The zero-order chi connectivity index (χ0) is 13.1. The summed E-state index contributed by atoms with van der Waals surface area (Å²) in [6.45, 7) is 6.43. The van der Waals surface area contributed by atoms with Crippen molar-refractivity contribution in [3.05, 3.63) is 29.3 Å². The van der Waals surface area contributed by atoms with Gasteiger partial charge in [0.25, 0.3) is 0 Å². The molecule has 0 aliphatic heterocycles. The Labute approximate surface area is 105 Å². The summed E-state index contributed by atoms with van der Waals surface area (Å²) in [6.07, 6.45) is 1.88. The predicted molar refractivity (Wildman–Crippen MR) is 70.6 cm³/mol. The molecule has 0 amide bonds. The molecule has 0 heterocycles. The van der Waals surface area contributed by atoms with E-state index in [9.17, 15) is 8.42 Å². The average molecular weight is 255 g/mol. The minimum atomic E-state index is -3.33. The third kappa shape index (κ3) is 3.30. The van der Waals surface area contributed by atoms with Gasteiger partial charge in [-0.3, -0.25) is 0 Å². The van der Waals surface area contributed by atoms with Crippen molar-refractivity contribution < 1.29 is 8.42 Å². The first-order valence-electron chi connectivity index (χ1n) is 5.93. The fourth-order valence-corrected chi connectivity index (χ4v) is 3.17. The second-order valence-electron chi connectivity index (χ2n) is 4.45. The van der Waals surface area contributed by atoms with Crippen molar-refractivity contribution in [2.45, 2.75) is 38.5 Å². The highest BCUT2D eigenvalue weighted by molar-refractivity contribution is 7.89. The van der Waals surface area contributed by atoms with Gasteiger partial charge in [-0.1, -0.05) is 31.0 Å². The molecule has 0 aliphatic carbocycles. The van der Waals surface area contributed by atoms with E-state index in [1.165, 1.54) is 4.31 Å². The van der Waals surface area contributed by atoms with E-state index in [1.807, 2.05) is 26.0 Å². The first-order chi connectivity index (χ1) is 7.89. The highest BCUT2D eigenvalue weighted by Gasteiger charge is 2.21. The SMILES string of the molecule is CCCCN(C)S(=O)(=O)c1ccc(C)cc1C. The van der Waals surface area contributed by atoms with Crippen LogP contribution in [0.15, 0.2) is 23.1 Å². The number of rotatable bonds is 5. The second kappa shape index (κ2) is 5.65. The molecule has 0 N–H and O–H groups in total. The van der Waals surface area contributed by atoms with E-state index >= 15 is 0 Å². The van der Waals surface area contributed by atoms with E-state index in [4.69, 9.17) is 0 Å².